The minimum Gasteiger partial charge on any atom is -0.369 e. The van der Waals surface area contributed by atoms with Gasteiger partial charge in [0, 0.05) is 18.3 Å². The molecule has 0 atom stereocenters. The largest absolute Gasteiger partial charge is 0.369 e. The monoisotopic (exact) mass is 396 g/mol. The topological polar surface area (TPSA) is 77.8 Å². The van der Waals surface area contributed by atoms with Gasteiger partial charge in [-0.3, -0.25) is 4.57 Å². The van der Waals surface area contributed by atoms with Crippen LogP contribution in [0.5, 0.6) is 0 Å². The van der Waals surface area contributed by atoms with Gasteiger partial charge in [-0.2, -0.15) is 0 Å². The first-order valence-corrected chi connectivity index (χ1v) is 10.5. The van der Waals surface area contributed by atoms with Crippen LogP contribution >= 0.6 is 0 Å². The number of nitrogens with one attached hydrogen (secondary N) is 4. The zero-order valence-electron chi connectivity index (χ0n) is 16.7. The Morgan fingerprint density at radius 1 is 1.14 bits per heavy atom. The van der Waals surface area contributed by atoms with E-state index in [9.17, 15) is 4.39 Å². The van der Waals surface area contributed by atoms with E-state index in [1.807, 2.05) is 0 Å². The van der Waals surface area contributed by atoms with Gasteiger partial charge in [0.05, 0.1) is 11.5 Å². The Morgan fingerprint density at radius 2 is 1.83 bits per heavy atom. The molecule has 1 heterocycles. The number of aromatic nitrogens is 2. The standard InChI is InChI=1S/C22H29FN6/c1-15(25-16-8-2-3-9-16)26-21-20(14-24)28-22(29(21)17-10-4-5-11-17)27-19-13-7-6-12-18(19)23/h6-7,12-14,16-17,24-26H,1-5,8-11H2,(H,27,28). The lowest BCUT2D eigenvalue weighted by molar-refractivity contribution is 0.527. The predicted octanol–water partition coefficient (Wildman–Crippen LogP) is 5.29. The van der Waals surface area contributed by atoms with Gasteiger partial charge in [0.2, 0.25) is 5.95 Å². The Balaban J connectivity index is 1.65. The third kappa shape index (κ3) is 4.28. The predicted molar refractivity (Wildman–Crippen MR) is 115 cm³/mol. The minimum absolute atomic E-state index is 0.257. The zero-order valence-corrected chi connectivity index (χ0v) is 16.7. The second-order valence-corrected chi connectivity index (χ2v) is 7.96. The van der Waals surface area contributed by atoms with Gasteiger partial charge in [0.25, 0.3) is 0 Å². The summed E-state index contributed by atoms with van der Waals surface area (Å²) in [6.45, 7) is 4.15. The molecule has 0 radical (unpaired) electrons. The molecule has 1 aromatic carbocycles. The Hall–Kier alpha value is -2.83. The number of halogens is 1. The van der Waals surface area contributed by atoms with E-state index in [0.29, 0.717) is 23.4 Å². The van der Waals surface area contributed by atoms with Gasteiger partial charge < -0.3 is 21.4 Å². The van der Waals surface area contributed by atoms with Gasteiger partial charge in [-0.1, -0.05) is 44.4 Å². The summed E-state index contributed by atoms with van der Waals surface area (Å²) >= 11 is 0. The summed E-state index contributed by atoms with van der Waals surface area (Å²) in [5.74, 6) is 1.68. The smallest absolute Gasteiger partial charge is 0.209 e. The maximum absolute atomic E-state index is 14.2. The molecule has 2 aromatic rings. The molecule has 2 aliphatic rings. The Kier molecular flexibility index (Phi) is 5.83. The molecule has 0 saturated heterocycles. The quantitative estimate of drug-likeness (QED) is 0.457. The van der Waals surface area contributed by atoms with Crippen molar-refractivity contribution in [3.63, 3.8) is 0 Å². The van der Waals surface area contributed by atoms with E-state index in [1.54, 1.807) is 18.2 Å². The lowest BCUT2D eigenvalue weighted by Crippen LogP contribution is -2.29. The summed E-state index contributed by atoms with van der Waals surface area (Å²) in [4.78, 5) is 4.61. The number of rotatable bonds is 8. The summed E-state index contributed by atoms with van der Waals surface area (Å²) < 4.78 is 16.3. The van der Waals surface area contributed by atoms with Crippen LogP contribution in [0, 0.1) is 11.2 Å². The van der Waals surface area contributed by atoms with E-state index in [1.165, 1.54) is 25.1 Å². The van der Waals surface area contributed by atoms with E-state index >= 15 is 0 Å². The van der Waals surface area contributed by atoms with Gasteiger partial charge in [-0.05, 0) is 37.8 Å². The summed E-state index contributed by atoms with van der Waals surface area (Å²) in [6.07, 6.45) is 10.4. The highest BCUT2D eigenvalue weighted by Crippen LogP contribution is 2.37. The lowest BCUT2D eigenvalue weighted by Gasteiger charge is -2.22. The van der Waals surface area contributed by atoms with Crippen LogP contribution in [0.25, 0.3) is 0 Å². The molecule has 2 saturated carbocycles. The molecule has 2 aliphatic carbocycles. The van der Waals surface area contributed by atoms with Crippen LogP contribution in [0.4, 0.5) is 21.8 Å². The van der Waals surface area contributed by atoms with E-state index in [-0.39, 0.29) is 11.9 Å². The number of nitrogens with zero attached hydrogens (tertiary/aromatic N) is 2. The van der Waals surface area contributed by atoms with Gasteiger partial charge in [-0.15, -0.1) is 0 Å². The van der Waals surface area contributed by atoms with Crippen molar-refractivity contribution < 1.29 is 4.39 Å². The van der Waals surface area contributed by atoms with Crippen molar-refractivity contribution in [2.24, 2.45) is 0 Å². The Labute approximate surface area is 171 Å². The van der Waals surface area contributed by atoms with Crippen molar-refractivity contribution in [3.05, 3.63) is 48.2 Å². The molecule has 1 aromatic heterocycles. The molecule has 0 bridgehead atoms. The SMILES string of the molecule is C=C(Nc1c(C=N)nc(Nc2ccccc2F)n1C1CCCC1)NC1CCCC1. The second-order valence-electron chi connectivity index (χ2n) is 7.96. The van der Waals surface area contributed by atoms with Crippen molar-refractivity contribution in [2.45, 2.75) is 63.5 Å². The average molecular weight is 397 g/mol. The molecule has 0 unspecified atom stereocenters. The molecule has 4 rings (SSSR count). The van der Waals surface area contributed by atoms with Gasteiger partial charge >= 0.3 is 0 Å². The molecule has 154 valence electrons. The summed E-state index contributed by atoms with van der Waals surface area (Å²) in [5, 5.41) is 17.8. The first-order chi connectivity index (χ1) is 14.2. The number of hydrogen-bond donors (Lipinski definition) is 4. The van der Waals surface area contributed by atoms with Crippen LogP contribution in [0.1, 0.15) is 63.1 Å². The molecule has 2 fully saturated rings. The molecule has 6 nitrogen and oxygen atoms in total. The van der Waals surface area contributed by atoms with E-state index in [4.69, 9.17) is 5.41 Å². The summed E-state index contributed by atoms with van der Waals surface area (Å²) in [5.41, 5.74) is 0.896. The third-order valence-corrected chi connectivity index (χ3v) is 5.89. The number of imidazole rings is 1. The lowest BCUT2D eigenvalue weighted by atomic mass is 10.2. The average Bonchev–Trinajstić information content (AvgIpc) is 3.45. The fraction of sp³-hybridized carbons (Fsp3) is 0.455. The van der Waals surface area contributed by atoms with Crippen LogP contribution in [0.3, 0.4) is 0 Å². The fourth-order valence-electron chi connectivity index (χ4n) is 4.46. The summed E-state index contributed by atoms with van der Waals surface area (Å²) in [6, 6.07) is 7.27. The molecule has 0 spiro atoms. The third-order valence-electron chi connectivity index (χ3n) is 5.89. The highest BCUT2D eigenvalue weighted by atomic mass is 19.1. The molecule has 0 amide bonds. The van der Waals surface area contributed by atoms with Crippen LogP contribution in [-0.2, 0) is 0 Å². The van der Waals surface area contributed by atoms with Crippen molar-refractivity contribution >= 4 is 23.7 Å². The Morgan fingerprint density at radius 3 is 2.52 bits per heavy atom. The fourth-order valence-corrected chi connectivity index (χ4v) is 4.46. The number of anilines is 3. The van der Waals surface area contributed by atoms with Crippen molar-refractivity contribution in [3.8, 4) is 0 Å². The Bertz CT molecular complexity index is 877. The number of benzene rings is 1. The highest BCUT2D eigenvalue weighted by molar-refractivity contribution is 5.84. The maximum Gasteiger partial charge on any atom is 0.209 e. The van der Waals surface area contributed by atoms with Crippen LogP contribution in [0.2, 0.25) is 0 Å². The number of para-hydroxylation sites is 1. The van der Waals surface area contributed by atoms with Crippen molar-refractivity contribution in [1.82, 2.24) is 14.9 Å². The molecular weight excluding hydrogens is 367 g/mol. The van der Waals surface area contributed by atoms with Crippen LogP contribution in [0.15, 0.2) is 36.7 Å². The normalized spacial score (nSPS) is 17.4. The van der Waals surface area contributed by atoms with Gasteiger partial charge in [0.1, 0.15) is 17.3 Å². The highest BCUT2D eigenvalue weighted by Gasteiger charge is 2.26. The van der Waals surface area contributed by atoms with E-state index in [2.05, 4.69) is 32.1 Å². The molecular formula is C22H29FN6. The molecule has 4 N–H and O–H groups in total. The van der Waals surface area contributed by atoms with Gasteiger partial charge in [0.15, 0.2) is 0 Å². The van der Waals surface area contributed by atoms with Crippen molar-refractivity contribution in [2.75, 3.05) is 10.6 Å². The van der Waals surface area contributed by atoms with Crippen LogP contribution < -0.4 is 16.0 Å². The first kappa shape index (κ1) is 19.5. The van der Waals surface area contributed by atoms with Gasteiger partial charge in [-0.25, -0.2) is 9.37 Å². The first-order valence-electron chi connectivity index (χ1n) is 10.5. The molecule has 0 aliphatic heterocycles. The van der Waals surface area contributed by atoms with E-state index in [0.717, 1.165) is 50.2 Å². The number of hydrogen-bond acceptors (Lipinski definition) is 5. The van der Waals surface area contributed by atoms with Crippen molar-refractivity contribution in [1.29, 1.82) is 5.41 Å². The van der Waals surface area contributed by atoms with Crippen LogP contribution in [-0.4, -0.2) is 21.8 Å². The summed E-state index contributed by atoms with van der Waals surface area (Å²) in [7, 11) is 0. The zero-order chi connectivity index (χ0) is 20.2. The minimum atomic E-state index is -0.327. The maximum atomic E-state index is 14.2. The van der Waals surface area contributed by atoms with E-state index < -0.39 is 0 Å². The molecule has 29 heavy (non-hydrogen) atoms. The second kappa shape index (κ2) is 8.68. The molecule has 7 heteroatoms.